The highest BCUT2D eigenvalue weighted by molar-refractivity contribution is 5.89. The first-order chi connectivity index (χ1) is 15.0. The number of benzene rings is 1. The Bertz CT molecular complexity index is 1040. The van der Waals surface area contributed by atoms with Crippen LogP contribution in [0.4, 0.5) is 16.3 Å². The van der Waals surface area contributed by atoms with Crippen LogP contribution in [0, 0.1) is 13.8 Å². The molecule has 0 radical (unpaired) electrons. The van der Waals surface area contributed by atoms with Gasteiger partial charge < -0.3 is 19.9 Å². The van der Waals surface area contributed by atoms with E-state index in [0.717, 1.165) is 34.5 Å². The van der Waals surface area contributed by atoms with Crippen LogP contribution in [0.3, 0.4) is 0 Å². The fourth-order valence-electron chi connectivity index (χ4n) is 3.51. The maximum Gasteiger partial charge on any atom is 0.321 e. The molecule has 0 saturated carbocycles. The quantitative estimate of drug-likeness (QED) is 0.681. The number of aryl methyl sites for hydroxylation is 1. The number of imidazole rings is 1. The van der Waals surface area contributed by atoms with Gasteiger partial charge in [0.1, 0.15) is 30.0 Å². The van der Waals surface area contributed by atoms with Crippen LogP contribution >= 0.6 is 0 Å². The molecule has 1 aliphatic rings. The number of hydrogen-bond acceptors (Lipinski definition) is 6. The summed E-state index contributed by atoms with van der Waals surface area (Å²) in [7, 11) is 0. The van der Waals surface area contributed by atoms with Crippen LogP contribution in [0.5, 0.6) is 5.75 Å². The number of aromatic nitrogens is 4. The number of amides is 2. The molecule has 0 unspecified atom stereocenters. The fourth-order valence-corrected chi connectivity index (χ4v) is 3.51. The Morgan fingerprint density at radius 3 is 2.39 bits per heavy atom. The standard InChI is InChI=1S/C22H27N7O2/c1-4-31-19-7-5-18(6-8-19)26-22(30)28-11-9-27(10-12-28)20-13-21(24-14-23-20)29-15-25-16(2)17(29)3/h5-8,13-15H,4,9-12H2,1-3H3,(H,26,30). The van der Waals surface area contributed by atoms with Crippen molar-refractivity contribution in [2.75, 3.05) is 43.0 Å². The van der Waals surface area contributed by atoms with E-state index in [4.69, 9.17) is 4.74 Å². The third kappa shape index (κ3) is 4.60. The molecule has 1 aliphatic heterocycles. The van der Waals surface area contributed by atoms with Crippen molar-refractivity contribution >= 4 is 17.5 Å². The molecule has 0 atom stereocenters. The molecule has 31 heavy (non-hydrogen) atoms. The molecule has 2 aromatic heterocycles. The summed E-state index contributed by atoms with van der Waals surface area (Å²) in [5, 5.41) is 2.95. The van der Waals surface area contributed by atoms with Crippen molar-refractivity contribution in [3.63, 3.8) is 0 Å². The van der Waals surface area contributed by atoms with Gasteiger partial charge in [-0.25, -0.2) is 19.7 Å². The molecule has 0 spiro atoms. The summed E-state index contributed by atoms with van der Waals surface area (Å²) >= 11 is 0. The van der Waals surface area contributed by atoms with Crippen molar-refractivity contribution in [2.24, 2.45) is 0 Å². The molecule has 1 aromatic carbocycles. The first kappa shape index (κ1) is 20.6. The smallest absolute Gasteiger partial charge is 0.321 e. The molecule has 9 nitrogen and oxygen atoms in total. The highest BCUT2D eigenvalue weighted by atomic mass is 16.5. The lowest BCUT2D eigenvalue weighted by molar-refractivity contribution is 0.208. The van der Waals surface area contributed by atoms with Gasteiger partial charge in [-0.3, -0.25) is 4.57 Å². The Hall–Kier alpha value is -3.62. The van der Waals surface area contributed by atoms with Crippen LogP contribution in [0.2, 0.25) is 0 Å². The molecule has 1 saturated heterocycles. The Kier molecular flexibility index (Phi) is 6.01. The molecule has 9 heteroatoms. The summed E-state index contributed by atoms with van der Waals surface area (Å²) in [4.78, 5) is 29.8. The van der Waals surface area contributed by atoms with E-state index in [1.807, 2.05) is 60.6 Å². The number of nitrogens with zero attached hydrogens (tertiary/aromatic N) is 6. The van der Waals surface area contributed by atoms with Crippen LogP contribution in [0.1, 0.15) is 18.3 Å². The Balaban J connectivity index is 1.36. The summed E-state index contributed by atoms with van der Waals surface area (Å²) < 4.78 is 7.40. The number of ether oxygens (including phenoxy) is 1. The third-order valence-corrected chi connectivity index (χ3v) is 5.44. The molecule has 3 heterocycles. The van der Waals surface area contributed by atoms with Crippen LogP contribution in [-0.4, -0.2) is 63.2 Å². The molecule has 0 aliphatic carbocycles. The van der Waals surface area contributed by atoms with Crippen LogP contribution in [0.15, 0.2) is 43.0 Å². The Labute approximate surface area is 181 Å². The highest BCUT2D eigenvalue weighted by Crippen LogP contribution is 2.19. The predicted octanol–water partition coefficient (Wildman–Crippen LogP) is 3.03. The van der Waals surface area contributed by atoms with E-state index in [-0.39, 0.29) is 6.03 Å². The monoisotopic (exact) mass is 421 g/mol. The number of hydrogen-bond donors (Lipinski definition) is 1. The summed E-state index contributed by atoms with van der Waals surface area (Å²) in [5.74, 6) is 2.43. The minimum atomic E-state index is -0.100. The largest absolute Gasteiger partial charge is 0.494 e. The molecule has 0 bridgehead atoms. The molecule has 1 fully saturated rings. The number of carbonyl (C=O) groups excluding carboxylic acids is 1. The average Bonchev–Trinajstić information content (AvgIpc) is 3.14. The van der Waals surface area contributed by atoms with Crippen LogP contribution in [0.25, 0.3) is 5.82 Å². The third-order valence-electron chi connectivity index (χ3n) is 5.44. The van der Waals surface area contributed by atoms with Gasteiger partial charge >= 0.3 is 6.03 Å². The summed E-state index contributed by atoms with van der Waals surface area (Å²) in [6, 6.07) is 9.27. The van der Waals surface area contributed by atoms with E-state index in [9.17, 15) is 4.79 Å². The van der Waals surface area contributed by atoms with Gasteiger partial charge in [-0.15, -0.1) is 0 Å². The van der Waals surface area contributed by atoms with Gasteiger partial charge in [0.05, 0.1) is 12.3 Å². The van der Waals surface area contributed by atoms with Gasteiger partial charge in [0, 0.05) is 43.6 Å². The predicted molar refractivity (Wildman–Crippen MR) is 119 cm³/mol. The molecule has 162 valence electrons. The number of piperazine rings is 1. The number of nitrogens with one attached hydrogen (secondary N) is 1. The van der Waals surface area contributed by atoms with Gasteiger partial charge in [-0.2, -0.15) is 0 Å². The van der Waals surface area contributed by atoms with Gasteiger partial charge in [-0.05, 0) is 45.0 Å². The van der Waals surface area contributed by atoms with E-state index in [1.165, 1.54) is 0 Å². The van der Waals surface area contributed by atoms with Gasteiger partial charge in [0.15, 0.2) is 0 Å². The van der Waals surface area contributed by atoms with Crippen LogP contribution in [-0.2, 0) is 0 Å². The number of carbonyl (C=O) groups is 1. The zero-order valence-electron chi connectivity index (χ0n) is 18.1. The molecular weight excluding hydrogens is 394 g/mol. The summed E-state index contributed by atoms with van der Waals surface area (Å²) in [6.45, 7) is 9.20. The van der Waals surface area contributed by atoms with Crippen LogP contribution < -0.4 is 15.0 Å². The second kappa shape index (κ2) is 9.03. The van der Waals surface area contributed by atoms with Crippen molar-refractivity contribution in [1.29, 1.82) is 0 Å². The lowest BCUT2D eigenvalue weighted by atomic mass is 10.3. The average molecular weight is 422 g/mol. The molecule has 2 amide bonds. The Morgan fingerprint density at radius 1 is 1.03 bits per heavy atom. The van der Waals surface area contributed by atoms with Crippen molar-refractivity contribution in [1.82, 2.24) is 24.4 Å². The number of rotatable bonds is 5. The van der Waals surface area contributed by atoms with E-state index in [0.29, 0.717) is 32.8 Å². The topological polar surface area (TPSA) is 88.4 Å². The van der Waals surface area contributed by atoms with Gasteiger partial charge in [0.25, 0.3) is 0 Å². The first-order valence-electron chi connectivity index (χ1n) is 10.4. The second-order valence-corrected chi connectivity index (χ2v) is 7.38. The molecule has 1 N–H and O–H groups in total. The van der Waals surface area contributed by atoms with E-state index >= 15 is 0 Å². The molecule has 3 aromatic rings. The molecular formula is C22H27N7O2. The first-order valence-corrected chi connectivity index (χ1v) is 10.4. The van der Waals surface area contributed by atoms with Gasteiger partial charge in [0.2, 0.25) is 0 Å². The van der Waals surface area contributed by atoms with Gasteiger partial charge in [-0.1, -0.05) is 0 Å². The normalized spacial score (nSPS) is 13.9. The molecule has 4 rings (SSSR count). The summed E-state index contributed by atoms with van der Waals surface area (Å²) in [6.07, 6.45) is 3.35. The van der Waals surface area contributed by atoms with Crippen molar-refractivity contribution < 1.29 is 9.53 Å². The highest BCUT2D eigenvalue weighted by Gasteiger charge is 2.22. The maximum absolute atomic E-state index is 12.6. The maximum atomic E-state index is 12.6. The lowest BCUT2D eigenvalue weighted by Crippen LogP contribution is -2.50. The minimum Gasteiger partial charge on any atom is -0.494 e. The minimum absolute atomic E-state index is 0.100. The van der Waals surface area contributed by atoms with E-state index < -0.39 is 0 Å². The van der Waals surface area contributed by atoms with E-state index in [2.05, 4.69) is 25.2 Å². The van der Waals surface area contributed by atoms with Crippen molar-refractivity contribution in [3.8, 4) is 11.6 Å². The Morgan fingerprint density at radius 2 is 1.74 bits per heavy atom. The number of urea groups is 1. The fraction of sp³-hybridized carbons (Fsp3) is 0.364. The van der Waals surface area contributed by atoms with Crippen molar-refractivity contribution in [2.45, 2.75) is 20.8 Å². The zero-order chi connectivity index (χ0) is 21.8. The van der Waals surface area contributed by atoms with Crippen molar-refractivity contribution in [3.05, 3.63) is 54.4 Å². The second-order valence-electron chi connectivity index (χ2n) is 7.38. The van der Waals surface area contributed by atoms with E-state index in [1.54, 1.807) is 12.7 Å². The summed E-state index contributed by atoms with van der Waals surface area (Å²) in [5.41, 5.74) is 2.79. The number of anilines is 2. The lowest BCUT2D eigenvalue weighted by Gasteiger charge is -2.35. The zero-order valence-corrected chi connectivity index (χ0v) is 18.1. The SMILES string of the molecule is CCOc1ccc(NC(=O)N2CCN(c3cc(-n4cnc(C)c4C)ncn3)CC2)cc1.